The van der Waals surface area contributed by atoms with Gasteiger partial charge in [-0.1, -0.05) is 12.1 Å². The van der Waals surface area contributed by atoms with Gasteiger partial charge >= 0.3 is 11.9 Å². The average molecular weight is 567 g/mol. The largest absolute Gasteiger partial charge is 0.486 e. The number of H-pyrrole nitrogens is 1. The minimum absolute atomic E-state index is 0.0471. The van der Waals surface area contributed by atoms with Gasteiger partial charge in [-0.3, -0.25) is 4.31 Å². The van der Waals surface area contributed by atoms with Gasteiger partial charge in [0.2, 0.25) is 5.89 Å². The number of fused-ring (bicyclic) bond motifs is 1. The van der Waals surface area contributed by atoms with Crippen molar-refractivity contribution in [1.29, 1.82) is 0 Å². The van der Waals surface area contributed by atoms with E-state index in [0.29, 0.717) is 6.07 Å². The maximum absolute atomic E-state index is 14.5. The van der Waals surface area contributed by atoms with E-state index in [2.05, 4.69) is 10.2 Å². The Hall–Kier alpha value is -4.20. The third-order valence-corrected chi connectivity index (χ3v) is 7.82. The summed E-state index contributed by atoms with van der Waals surface area (Å²) < 4.78 is 107. The first kappa shape index (κ1) is 26.4. The van der Waals surface area contributed by atoms with Crippen LogP contribution >= 0.6 is 0 Å². The molecular formula is C25H18F5N3O5S. The maximum Gasteiger partial charge on any atom is 0.434 e. The molecule has 14 heteroatoms. The predicted octanol–water partition coefficient (Wildman–Crippen LogP) is 4.92. The smallest absolute Gasteiger partial charge is 0.434 e. The molecule has 1 aliphatic heterocycles. The van der Waals surface area contributed by atoms with E-state index in [1.807, 2.05) is 0 Å². The molecule has 0 aliphatic carbocycles. The van der Waals surface area contributed by atoms with Crippen molar-refractivity contribution < 1.29 is 39.5 Å². The number of sulfonamides is 1. The summed E-state index contributed by atoms with van der Waals surface area (Å²) in [5, 5.41) is 5.79. The first-order chi connectivity index (χ1) is 18.4. The number of anilines is 1. The molecular weight excluding hydrogens is 549 g/mol. The summed E-state index contributed by atoms with van der Waals surface area (Å²) in [6.07, 6.45) is -5.39. The van der Waals surface area contributed by atoms with Crippen LogP contribution in [0.4, 0.5) is 27.6 Å². The number of aromatic amines is 1. The fourth-order valence-corrected chi connectivity index (χ4v) is 5.73. The highest BCUT2D eigenvalue weighted by Gasteiger charge is 2.37. The van der Waals surface area contributed by atoms with E-state index in [1.165, 1.54) is 18.2 Å². The second kappa shape index (κ2) is 9.84. The molecule has 1 aromatic heterocycles. The lowest BCUT2D eigenvalue weighted by atomic mass is 10.0. The molecule has 2 heterocycles. The third-order valence-electron chi connectivity index (χ3n) is 6.04. The molecule has 0 amide bonds. The van der Waals surface area contributed by atoms with E-state index >= 15 is 0 Å². The molecule has 204 valence electrons. The Morgan fingerprint density at radius 3 is 2.56 bits per heavy atom. The Balaban J connectivity index is 1.57. The number of nitrogens with one attached hydrogen (secondary N) is 1. The lowest BCUT2D eigenvalue weighted by molar-refractivity contribution is -0.137. The van der Waals surface area contributed by atoms with Crippen LogP contribution in [-0.2, 0) is 22.6 Å². The molecule has 1 atom stereocenters. The van der Waals surface area contributed by atoms with E-state index < -0.39 is 50.2 Å². The summed E-state index contributed by atoms with van der Waals surface area (Å²) in [4.78, 5) is 10.6. The zero-order valence-electron chi connectivity index (χ0n) is 19.7. The second-order valence-electron chi connectivity index (χ2n) is 8.65. The fraction of sp³-hybridized carbons (Fsp3) is 0.200. The number of nitrogens with zero attached hydrogens (tertiary/aromatic N) is 2. The summed E-state index contributed by atoms with van der Waals surface area (Å²) in [5.41, 5.74) is -1.26. The van der Waals surface area contributed by atoms with Gasteiger partial charge < -0.3 is 9.15 Å². The van der Waals surface area contributed by atoms with Gasteiger partial charge in [0, 0.05) is 12.0 Å². The first-order valence-electron chi connectivity index (χ1n) is 11.4. The topological polar surface area (TPSA) is 106 Å². The van der Waals surface area contributed by atoms with Crippen LogP contribution in [0.5, 0.6) is 5.75 Å². The summed E-state index contributed by atoms with van der Waals surface area (Å²) in [7, 11) is -4.60. The van der Waals surface area contributed by atoms with Crippen molar-refractivity contribution in [1.82, 2.24) is 10.2 Å². The standard InChI is InChI=1S/C25H18F5N3O5S/c26-16-5-7-20(27)19(12-16)14-4-8-22-21(10-14)33(13-17(37-22)6-9-23-31-32-24(34)38-23)39(35,36)18-3-1-2-15(11-18)25(28,29)30/h1-5,7-8,10-12,17H,6,9,13H2,(H,32,34). The van der Waals surface area contributed by atoms with Gasteiger partial charge in [0.15, 0.2) is 0 Å². The van der Waals surface area contributed by atoms with Crippen LogP contribution in [0, 0.1) is 11.6 Å². The number of benzene rings is 3. The maximum atomic E-state index is 14.5. The number of hydrogen-bond acceptors (Lipinski definition) is 6. The number of alkyl halides is 3. The quantitative estimate of drug-likeness (QED) is 0.332. The van der Waals surface area contributed by atoms with Crippen LogP contribution in [0.25, 0.3) is 11.1 Å². The molecule has 8 nitrogen and oxygen atoms in total. The number of aryl methyl sites for hydroxylation is 1. The molecule has 0 saturated carbocycles. The molecule has 1 unspecified atom stereocenters. The van der Waals surface area contributed by atoms with Crippen molar-refractivity contribution in [2.75, 3.05) is 10.8 Å². The molecule has 39 heavy (non-hydrogen) atoms. The highest BCUT2D eigenvalue weighted by atomic mass is 32.2. The van der Waals surface area contributed by atoms with E-state index in [-0.39, 0.29) is 47.8 Å². The Morgan fingerprint density at radius 1 is 1.05 bits per heavy atom. The van der Waals surface area contributed by atoms with Crippen LogP contribution in [0.3, 0.4) is 0 Å². The fourth-order valence-electron chi connectivity index (χ4n) is 4.19. The summed E-state index contributed by atoms with van der Waals surface area (Å²) >= 11 is 0. The second-order valence-corrected chi connectivity index (χ2v) is 10.5. The number of rotatable bonds is 6. The van der Waals surface area contributed by atoms with Gasteiger partial charge in [0.25, 0.3) is 10.0 Å². The average Bonchev–Trinajstić information content (AvgIpc) is 3.32. The van der Waals surface area contributed by atoms with Crippen molar-refractivity contribution in [2.45, 2.75) is 30.0 Å². The lowest BCUT2D eigenvalue weighted by Crippen LogP contribution is -2.43. The van der Waals surface area contributed by atoms with Crippen molar-refractivity contribution in [3.8, 4) is 16.9 Å². The molecule has 0 spiro atoms. The van der Waals surface area contributed by atoms with Crippen molar-refractivity contribution >= 4 is 15.7 Å². The Labute approximate surface area is 217 Å². The third kappa shape index (κ3) is 5.37. The summed E-state index contributed by atoms with van der Waals surface area (Å²) in [5.74, 6) is -2.16. The molecule has 1 N–H and O–H groups in total. The van der Waals surface area contributed by atoms with Crippen molar-refractivity contribution in [3.63, 3.8) is 0 Å². The van der Waals surface area contributed by atoms with Crippen LogP contribution in [0.1, 0.15) is 17.9 Å². The van der Waals surface area contributed by atoms with Crippen molar-refractivity contribution in [2.24, 2.45) is 0 Å². The Bertz CT molecular complexity index is 1700. The zero-order chi connectivity index (χ0) is 27.9. The van der Waals surface area contributed by atoms with Crippen LogP contribution in [0.15, 0.2) is 74.8 Å². The van der Waals surface area contributed by atoms with Gasteiger partial charge in [0.1, 0.15) is 23.5 Å². The molecule has 0 fully saturated rings. The molecule has 5 rings (SSSR count). The minimum atomic E-state index is -4.79. The van der Waals surface area contributed by atoms with Gasteiger partial charge in [-0.05, 0) is 60.5 Å². The molecule has 0 saturated heterocycles. The highest BCUT2D eigenvalue weighted by molar-refractivity contribution is 7.92. The predicted molar refractivity (Wildman–Crippen MR) is 128 cm³/mol. The van der Waals surface area contributed by atoms with E-state index in [9.17, 15) is 35.2 Å². The number of aromatic nitrogens is 2. The Morgan fingerprint density at radius 2 is 1.85 bits per heavy atom. The zero-order valence-corrected chi connectivity index (χ0v) is 20.5. The van der Waals surface area contributed by atoms with Crippen LogP contribution < -0.4 is 14.8 Å². The highest BCUT2D eigenvalue weighted by Crippen LogP contribution is 2.41. The van der Waals surface area contributed by atoms with Gasteiger partial charge in [0.05, 0.1) is 22.7 Å². The van der Waals surface area contributed by atoms with Crippen molar-refractivity contribution in [3.05, 3.63) is 94.3 Å². The van der Waals surface area contributed by atoms with E-state index in [1.54, 1.807) is 0 Å². The van der Waals surface area contributed by atoms with E-state index in [0.717, 1.165) is 40.7 Å². The first-order valence-corrected chi connectivity index (χ1v) is 12.9. The minimum Gasteiger partial charge on any atom is -0.486 e. The number of ether oxygens (including phenoxy) is 1. The number of halogens is 5. The molecule has 0 bridgehead atoms. The van der Waals surface area contributed by atoms with Gasteiger partial charge in [-0.2, -0.15) is 13.2 Å². The summed E-state index contributed by atoms with van der Waals surface area (Å²) in [6.45, 7) is -0.338. The molecule has 4 aromatic rings. The summed E-state index contributed by atoms with van der Waals surface area (Å²) in [6, 6.07) is 10.1. The van der Waals surface area contributed by atoms with Crippen LogP contribution in [-0.4, -0.2) is 31.3 Å². The monoisotopic (exact) mass is 567 g/mol. The number of hydrogen-bond donors (Lipinski definition) is 1. The normalized spacial score (nSPS) is 15.6. The molecule has 3 aromatic carbocycles. The van der Waals surface area contributed by atoms with E-state index in [4.69, 9.17) is 9.15 Å². The molecule has 0 radical (unpaired) electrons. The lowest BCUT2D eigenvalue weighted by Gasteiger charge is -2.36. The molecule has 1 aliphatic rings. The van der Waals surface area contributed by atoms with Gasteiger partial charge in [-0.15, -0.1) is 5.10 Å². The Kier molecular flexibility index (Phi) is 6.66. The SMILES string of the molecule is O=c1[nH]nc(CCC2CN(S(=O)(=O)c3cccc(C(F)(F)F)c3)c3cc(-c4cc(F)ccc4F)ccc3O2)o1. The van der Waals surface area contributed by atoms with Gasteiger partial charge in [-0.25, -0.2) is 27.1 Å². The van der Waals surface area contributed by atoms with Crippen LogP contribution in [0.2, 0.25) is 0 Å².